The quantitative estimate of drug-likeness (QED) is 0.735. The van der Waals surface area contributed by atoms with E-state index in [4.69, 9.17) is 4.42 Å². The van der Waals surface area contributed by atoms with Crippen LogP contribution < -0.4 is 5.32 Å². The summed E-state index contributed by atoms with van der Waals surface area (Å²) in [7, 11) is 0. The Morgan fingerprint density at radius 3 is 2.67 bits per heavy atom. The van der Waals surface area contributed by atoms with E-state index < -0.39 is 0 Å². The summed E-state index contributed by atoms with van der Waals surface area (Å²) in [5.74, 6) is 0.915. The summed E-state index contributed by atoms with van der Waals surface area (Å²) in [5, 5.41) is 3.30. The first-order valence-corrected chi connectivity index (χ1v) is 6.58. The van der Waals surface area contributed by atoms with Gasteiger partial charge < -0.3 is 9.73 Å². The van der Waals surface area contributed by atoms with Gasteiger partial charge >= 0.3 is 0 Å². The molecule has 0 aliphatic rings. The van der Waals surface area contributed by atoms with Crippen molar-refractivity contribution in [3.63, 3.8) is 0 Å². The molecule has 0 radical (unpaired) electrons. The summed E-state index contributed by atoms with van der Waals surface area (Å²) in [4.78, 5) is 8.51. The highest BCUT2D eigenvalue weighted by molar-refractivity contribution is 14.1. The van der Waals surface area contributed by atoms with Crippen LogP contribution in [0.5, 0.6) is 0 Å². The minimum atomic E-state index is 0.661. The minimum absolute atomic E-state index is 0.661. The lowest BCUT2D eigenvalue weighted by Crippen LogP contribution is -1.98. The van der Waals surface area contributed by atoms with E-state index in [1.165, 1.54) is 0 Å². The van der Waals surface area contributed by atoms with Gasteiger partial charge in [0.15, 0.2) is 3.77 Å². The number of nitrogens with zero attached hydrogens (tertiary/aromatic N) is 2. The topological polar surface area (TPSA) is 51.0 Å². The molecular weight excluding hydrogens is 341 g/mol. The van der Waals surface area contributed by atoms with Crippen molar-refractivity contribution in [3.05, 3.63) is 52.3 Å². The van der Waals surface area contributed by atoms with Crippen molar-refractivity contribution < 1.29 is 4.42 Å². The zero-order valence-electron chi connectivity index (χ0n) is 9.43. The van der Waals surface area contributed by atoms with E-state index in [9.17, 15) is 0 Å². The zero-order chi connectivity index (χ0) is 12.4. The molecule has 0 amide bonds. The van der Waals surface area contributed by atoms with Crippen LogP contribution in [0.3, 0.4) is 0 Å². The van der Waals surface area contributed by atoms with Crippen LogP contribution in [0.1, 0.15) is 5.76 Å². The van der Waals surface area contributed by atoms with E-state index in [0.29, 0.717) is 6.54 Å². The van der Waals surface area contributed by atoms with Gasteiger partial charge in [0.1, 0.15) is 5.76 Å². The van der Waals surface area contributed by atoms with Crippen LogP contribution >= 0.6 is 22.6 Å². The lowest BCUT2D eigenvalue weighted by atomic mass is 10.2. The average molecular weight is 351 g/mol. The number of halogens is 1. The summed E-state index contributed by atoms with van der Waals surface area (Å²) in [6.45, 7) is 0.661. The SMILES string of the molecule is Ic1ccc(CNc2ccc3nccnc3c2)o1. The predicted octanol–water partition coefficient (Wildman–Crippen LogP) is 3.44. The zero-order valence-corrected chi connectivity index (χ0v) is 11.6. The average Bonchev–Trinajstić information content (AvgIpc) is 2.82. The third kappa shape index (κ3) is 2.45. The Balaban J connectivity index is 1.78. The number of fused-ring (bicyclic) bond motifs is 1. The highest BCUT2D eigenvalue weighted by atomic mass is 127. The molecule has 2 aromatic heterocycles. The van der Waals surface area contributed by atoms with E-state index >= 15 is 0 Å². The van der Waals surface area contributed by atoms with E-state index in [0.717, 1.165) is 26.2 Å². The Morgan fingerprint density at radius 2 is 1.89 bits per heavy atom. The Bertz CT molecular complexity index is 681. The maximum absolute atomic E-state index is 5.49. The van der Waals surface area contributed by atoms with Gasteiger partial charge in [0.25, 0.3) is 0 Å². The highest BCUT2D eigenvalue weighted by Gasteiger charge is 2.01. The molecule has 0 fully saturated rings. The summed E-state index contributed by atoms with van der Waals surface area (Å²) < 4.78 is 6.39. The number of benzene rings is 1. The van der Waals surface area contributed by atoms with Gasteiger partial charge in [0.2, 0.25) is 0 Å². The highest BCUT2D eigenvalue weighted by Crippen LogP contribution is 2.17. The second-order valence-electron chi connectivity index (χ2n) is 3.82. The fraction of sp³-hybridized carbons (Fsp3) is 0.0769. The van der Waals surface area contributed by atoms with E-state index in [1.807, 2.05) is 30.3 Å². The Morgan fingerprint density at radius 1 is 1.06 bits per heavy atom. The van der Waals surface area contributed by atoms with Crippen LogP contribution in [-0.2, 0) is 6.54 Å². The molecule has 0 aliphatic carbocycles. The molecule has 0 saturated heterocycles. The van der Waals surface area contributed by atoms with Gasteiger partial charge in [-0.15, -0.1) is 0 Å². The Labute approximate surface area is 118 Å². The number of hydrogen-bond acceptors (Lipinski definition) is 4. The number of nitrogens with one attached hydrogen (secondary N) is 1. The summed E-state index contributed by atoms with van der Waals surface area (Å²) in [6, 6.07) is 9.84. The number of aromatic nitrogens is 2. The minimum Gasteiger partial charge on any atom is -0.454 e. The van der Waals surface area contributed by atoms with Crippen LogP contribution in [0, 0.1) is 3.77 Å². The Hall–Kier alpha value is -1.63. The first-order valence-electron chi connectivity index (χ1n) is 5.50. The molecule has 0 unspecified atom stereocenters. The smallest absolute Gasteiger partial charge is 0.164 e. The van der Waals surface area contributed by atoms with Crippen molar-refractivity contribution in [1.29, 1.82) is 0 Å². The van der Waals surface area contributed by atoms with Gasteiger partial charge in [-0.05, 0) is 52.9 Å². The number of hydrogen-bond donors (Lipinski definition) is 1. The van der Waals surface area contributed by atoms with Crippen LogP contribution in [0.25, 0.3) is 11.0 Å². The van der Waals surface area contributed by atoms with Gasteiger partial charge in [0.05, 0.1) is 17.6 Å². The van der Waals surface area contributed by atoms with E-state index in [-0.39, 0.29) is 0 Å². The third-order valence-corrected chi connectivity index (χ3v) is 3.14. The third-order valence-electron chi connectivity index (χ3n) is 2.56. The second-order valence-corrected chi connectivity index (χ2v) is 4.88. The molecule has 3 rings (SSSR count). The van der Waals surface area contributed by atoms with E-state index in [2.05, 4.69) is 37.9 Å². The van der Waals surface area contributed by atoms with Gasteiger partial charge in [-0.3, -0.25) is 9.97 Å². The molecule has 1 N–H and O–H groups in total. The first kappa shape index (κ1) is 11.5. The Kier molecular flexibility index (Phi) is 3.14. The maximum atomic E-state index is 5.49. The van der Waals surface area contributed by atoms with Crippen molar-refractivity contribution in [1.82, 2.24) is 9.97 Å². The molecule has 4 nitrogen and oxygen atoms in total. The molecular formula is C13H10IN3O. The molecule has 0 aliphatic heterocycles. The molecule has 18 heavy (non-hydrogen) atoms. The monoisotopic (exact) mass is 351 g/mol. The molecule has 0 spiro atoms. The van der Waals surface area contributed by atoms with Crippen LogP contribution in [0.4, 0.5) is 5.69 Å². The lowest BCUT2D eigenvalue weighted by molar-refractivity contribution is 0.493. The second kappa shape index (κ2) is 4.93. The largest absolute Gasteiger partial charge is 0.454 e. The van der Waals surface area contributed by atoms with E-state index in [1.54, 1.807) is 12.4 Å². The molecule has 90 valence electrons. The molecule has 0 bridgehead atoms. The van der Waals surface area contributed by atoms with Gasteiger partial charge in [-0.1, -0.05) is 0 Å². The number of anilines is 1. The lowest BCUT2D eigenvalue weighted by Gasteiger charge is -2.05. The molecule has 2 heterocycles. The predicted molar refractivity (Wildman–Crippen MR) is 78.3 cm³/mol. The molecule has 1 aromatic carbocycles. The van der Waals surface area contributed by atoms with Gasteiger partial charge in [0, 0.05) is 18.1 Å². The van der Waals surface area contributed by atoms with Crippen LogP contribution in [0.2, 0.25) is 0 Å². The van der Waals surface area contributed by atoms with Crippen LogP contribution in [-0.4, -0.2) is 9.97 Å². The van der Waals surface area contributed by atoms with Crippen molar-refractivity contribution in [2.75, 3.05) is 5.32 Å². The fourth-order valence-corrected chi connectivity index (χ4v) is 2.17. The van der Waals surface area contributed by atoms with Gasteiger partial charge in [-0.25, -0.2) is 0 Å². The normalized spacial score (nSPS) is 10.7. The molecule has 0 atom stereocenters. The first-order chi connectivity index (χ1) is 8.81. The number of rotatable bonds is 3. The molecule has 3 aromatic rings. The number of furan rings is 1. The molecule has 0 saturated carbocycles. The van der Waals surface area contributed by atoms with Crippen molar-refractivity contribution in [2.24, 2.45) is 0 Å². The standard InChI is InChI=1S/C13H10IN3O/c14-13-4-2-10(18-13)8-17-9-1-3-11-12(7-9)16-6-5-15-11/h1-7,17H,8H2. The fourth-order valence-electron chi connectivity index (χ4n) is 1.71. The molecule has 5 heteroatoms. The van der Waals surface area contributed by atoms with Crippen molar-refractivity contribution >= 4 is 39.3 Å². The summed E-state index contributed by atoms with van der Waals surface area (Å²) in [6.07, 6.45) is 3.39. The van der Waals surface area contributed by atoms with Crippen LogP contribution in [0.15, 0.2) is 47.1 Å². The summed E-state index contributed by atoms with van der Waals surface area (Å²) in [5.41, 5.74) is 2.79. The van der Waals surface area contributed by atoms with Crippen molar-refractivity contribution in [2.45, 2.75) is 6.54 Å². The maximum Gasteiger partial charge on any atom is 0.164 e. The van der Waals surface area contributed by atoms with Crippen molar-refractivity contribution in [3.8, 4) is 0 Å². The summed E-state index contributed by atoms with van der Waals surface area (Å²) >= 11 is 2.15. The van der Waals surface area contributed by atoms with Gasteiger partial charge in [-0.2, -0.15) is 0 Å².